The lowest BCUT2D eigenvalue weighted by molar-refractivity contribution is 0.184. The van der Waals surface area contributed by atoms with Crippen molar-refractivity contribution in [2.24, 2.45) is 4.99 Å². The Balaban J connectivity index is 0.00000280. The molecule has 3 N–H and O–H groups in total. The first kappa shape index (κ1) is 22.6. The largest absolute Gasteiger partial charge is 0.386 e. The van der Waals surface area contributed by atoms with Crippen LogP contribution in [-0.4, -0.2) is 38.9 Å². The van der Waals surface area contributed by atoms with Crippen LogP contribution in [0.5, 0.6) is 0 Å². The van der Waals surface area contributed by atoms with Crippen LogP contribution >= 0.6 is 46.9 Å². The van der Waals surface area contributed by atoms with E-state index in [4.69, 9.17) is 11.6 Å². The fourth-order valence-corrected chi connectivity index (χ4v) is 3.45. The summed E-state index contributed by atoms with van der Waals surface area (Å²) in [5.41, 5.74) is 1.01. The number of aliphatic hydroxyl groups is 1. The SMILES string of the molecule is CCNC(=NCc1ccnc(-n2cccn2)c1)NCC(O)c1ccc(Cl)s1.I. The maximum Gasteiger partial charge on any atom is 0.191 e. The number of pyridine rings is 1. The van der Waals surface area contributed by atoms with E-state index in [-0.39, 0.29) is 24.0 Å². The van der Waals surface area contributed by atoms with E-state index in [9.17, 15) is 5.11 Å². The normalized spacial score (nSPS) is 12.3. The maximum atomic E-state index is 10.3. The molecule has 150 valence electrons. The zero-order valence-electron chi connectivity index (χ0n) is 15.2. The molecule has 3 rings (SSSR count). The van der Waals surface area contributed by atoms with Gasteiger partial charge in [0.2, 0.25) is 0 Å². The third kappa shape index (κ3) is 6.43. The number of aliphatic imine (C=N–C) groups is 1. The van der Waals surface area contributed by atoms with Crippen LogP contribution in [0.1, 0.15) is 23.5 Å². The molecule has 3 aromatic rings. The van der Waals surface area contributed by atoms with Crippen LogP contribution in [0.3, 0.4) is 0 Å². The summed E-state index contributed by atoms with van der Waals surface area (Å²) in [6, 6.07) is 9.33. The zero-order chi connectivity index (χ0) is 19.1. The number of guanidine groups is 1. The lowest BCUT2D eigenvalue weighted by atomic mass is 10.2. The highest BCUT2D eigenvalue weighted by atomic mass is 127. The average Bonchev–Trinajstić information content (AvgIpc) is 3.36. The Morgan fingerprint density at radius 2 is 2.18 bits per heavy atom. The highest BCUT2D eigenvalue weighted by Crippen LogP contribution is 2.26. The van der Waals surface area contributed by atoms with Gasteiger partial charge in [-0.05, 0) is 42.8 Å². The molecule has 0 amide bonds. The summed E-state index contributed by atoms with van der Waals surface area (Å²) in [7, 11) is 0. The number of nitrogens with one attached hydrogen (secondary N) is 2. The van der Waals surface area contributed by atoms with Gasteiger partial charge in [0.1, 0.15) is 6.10 Å². The van der Waals surface area contributed by atoms with Gasteiger partial charge in [0.05, 0.1) is 10.9 Å². The summed E-state index contributed by atoms with van der Waals surface area (Å²) < 4.78 is 2.37. The molecule has 1 atom stereocenters. The number of hydrogen-bond donors (Lipinski definition) is 3. The van der Waals surface area contributed by atoms with Crippen molar-refractivity contribution in [1.82, 2.24) is 25.4 Å². The highest BCUT2D eigenvalue weighted by Gasteiger charge is 2.11. The monoisotopic (exact) mass is 532 g/mol. The van der Waals surface area contributed by atoms with Crippen molar-refractivity contribution in [1.29, 1.82) is 0 Å². The standard InChI is InChI=1S/C18H21ClN6OS.HI/c1-2-20-18(23-12-14(26)15-4-5-16(19)27-15)22-11-13-6-8-21-17(10-13)25-9-3-7-24-25;/h3-10,14,26H,2,11-12H2,1H3,(H2,20,22,23);1H. The van der Waals surface area contributed by atoms with Crippen LogP contribution in [0.4, 0.5) is 0 Å². The molecule has 7 nitrogen and oxygen atoms in total. The second kappa shape index (κ2) is 11.3. The van der Waals surface area contributed by atoms with Crippen molar-refractivity contribution in [3.8, 4) is 5.82 Å². The number of halogens is 2. The van der Waals surface area contributed by atoms with Crippen LogP contribution in [-0.2, 0) is 6.54 Å². The van der Waals surface area contributed by atoms with Crippen LogP contribution in [0.2, 0.25) is 4.34 Å². The topological polar surface area (TPSA) is 87.4 Å². The fourth-order valence-electron chi connectivity index (χ4n) is 2.40. The molecule has 0 bridgehead atoms. The number of aliphatic hydroxyl groups excluding tert-OH is 1. The second-order valence-electron chi connectivity index (χ2n) is 5.71. The van der Waals surface area contributed by atoms with Crippen molar-refractivity contribution in [3.05, 3.63) is 63.7 Å². The number of nitrogens with zero attached hydrogens (tertiary/aromatic N) is 4. The average molecular weight is 533 g/mol. The van der Waals surface area contributed by atoms with Gasteiger partial charge in [0, 0.05) is 36.6 Å². The minimum atomic E-state index is -0.640. The minimum absolute atomic E-state index is 0. The number of hydrogen-bond acceptors (Lipinski definition) is 5. The van der Waals surface area contributed by atoms with Gasteiger partial charge in [0.25, 0.3) is 0 Å². The second-order valence-corrected chi connectivity index (χ2v) is 7.45. The smallest absolute Gasteiger partial charge is 0.191 e. The van der Waals surface area contributed by atoms with Crippen molar-refractivity contribution in [2.45, 2.75) is 19.6 Å². The van der Waals surface area contributed by atoms with Crippen molar-refractivity contribution >= 4 is 52.9 Å². The summed E-state index contributed by atoms with van der Waals surface area (Å²) in [4.78, 5) is 9.72. The molecule has 0 radical (unpaired) electrons. The van der Waals surface area contributed by atoms with Crippen molar-refractivity contribution in [2.75, 3.05) is 13.1 Å². The summed E-state index contributed by atoms with van der Waals surface area (Å²) in [6.07, 6.45) is 4.66. The molecule has 1 unspecified atom stereocenters. The molecular weight excluding hydrogens is 511 g/mol. The van der Waals surface area contributed by atoms with Gasteiger partial charge in [-0.1, -0.05) is 11.6 Å². The van der Waals surface area contributed by atoms with Crippen molar-refractivity contribution in [3.63, 3.8) is 0 Å². The van der Waals surface area contributed by atoms with Crippen LogP contribution < -0.4 is 10.6 Å². The van der Waals surface area contributed by atoms with E-state index in [0.29, 0.717) is 23.4 Å². The van der Waals surface area contributed by atoms with Gasteiger partial charge in [-0.3, -0.25) is 0 Å². The Kier molecular flexibility index (Phi) is 9.16. The fraction of sp³-hybridized carbons (Fsp3) is 0.278. The number of thiophene rings is 1. The van der Waals surface area contributed by atoms with Gasteiger partial charge >= 0.3 is 0 Å². The van der Waals surface area contributed by atoms with E-state index in [1.54, 1.807) is 23.1 Å². The Morgan fingerprint density at radius 3 is 2.86 bits per heavy atom. The number of aromatic nitrogens is 3. The lowest BCUT2D eigenvalue weighted by Gasteiger charge is -2.14. The van der Waals surface area contributed by atoms with E-state index in [2.05, 4.69) is 25.7 Å². The first-order valence-corrected chi connectivity index (χ1v) is 9.75. The molecule has 0 aromatic carbocycles. The Bertz CT molecular complexity index is 886. The predicted octanol–water partition coefficient (Wildman–Crippen LogP) is 3.39. The molecule has 0 aliphatic heterocycles. The quantitative estimate of drug-likeness (QED) is 0.247. The summed E-state index contributed by atoms with van der Waals surface area (Å²) in [6.45, 7) is 3.54. The third-order valence-corrected chi connectivity index (χ3v) is 5.03. The summed E-state index contributed by atoms with van der Waals surface area (Å²) in [5.74, 6) is 1.38. The number of rotatable bonds is 7. The molecule has 0 saturated heterocycles. The maximum absolute atomic E-state index is 10.3. The zero-order valence-corrected chi connectivity index (χ0v) is 19.2. The van der Waals surface area contributed by atoms with Crippen LogP contribution in [0, 0.1) is 0 Å². The highest BCUT2D eigenvalue weighted by molar-refractivity contribution is 14.0. The Morgan fingerprint density at radius 1 is 1.32 bits per heavy atom. The Labute approximate surface area is 189 Å². The van der Waals surface area contributed by atoms with E-state index in [1.165, 1.54) is 11.3 Å². The van der Waals surface area contributed by atoms with E-state index in [1.807, 2.05) is 37.4 Å². The first-order valence-electron chi connectivity index (χ1n) is 8.56. The van der Waals surface area contributed by atoms with Gasteiger partial charge in [0.15, 0.2) is 11.8 Å². The molecule has 0 spiro atoms. The van der Waals surface area contributed by atoms with E-state index < -0.39 is 6.10 Å². The van der Waals surface area contributed by atoms with Crippen molar-refractivity contribution < 1.29 is 5.11 Å². The molecular formula is C18H22ClIN6OS. The van der Waals surface area contributed by atoms with Gasteiger partial charge < -0.3 is 15.7 Å². The first-order chi connectivity index (χ1) is 13.2. The molecule has 3 aromatic heterocycles. The molecule has 0 aliphatic carbocycles. The molecule has 10 heteroatoms. The summed E-state index contributed by atoms with van der Waals surface area (Å²) in [5, 5.41) is 20.8. The molecule has 0 aliphatic rings. The van der Waals surface area contributed by atoms with Crippen LogP contribution in [0.25, 0.3) is 5.82 Å². The van der Waals surface area contributed by atoms with Crippen LogP contribution in [0.15, 0.2) is 53.9 Å². The minimum Gasteiger partial charge on any atom is -0.386 e. The third-order valence-electron chi connectivity index (χ3n) is 3.70. The Hall–Kier alpha value is -1.69. The van der Waals surface area contributed by atoms with E-state index >= 15 is 0 Å². The molecule has 0 saturated carbocycles. The van der Waals surface area contributed by atoms with Gasteiger partial charge in [-0.25, -0.2) is 14.7 Å². The predicted molar refractivity (Wildman–Crippen MR) is 124 cm³/mol. The van der Waals surface area contributed by atoms with Gasteiger partial charge in [-0.15, -0.1) is 35.3 Å². The van der Waals surface area contributed by atoms with Gasteiger partial charge in [-0.2, -0.15) is 5.10 Å². The van der Waals surface area contributed by atoms with E-state index in [0.717, 1.165) is 22.8 Å². The lowest BCUT2D eigenvalue weighted by Crippen LogP contribution is -2.39. The summed E-state index contributed by atoms with van der Waals surface area (Å²) >= 11 is 7.30. The molecule has 0 fully saturated rings. The molecule has 28 heavy (non-hydrogen) atoms. The molecule has 3 heterocycles.